The van der Waals surface area contributed by atoms with E-state index in [2.05, 4.69) is 48.0 Å². The average molecular weight is 732 g/mol. The summed E-state index contributed by atoms with van der Waals surface area (Å²) >= 11 is 9.69. The lowest BCUT2D eigenvalue weighted by atomic mass is 10.0. The van der Waals surface area contributed by atoms with Crippen molar-refractivity contribution in [3.8, 4) is 67.8 Å². The van der Waals surface area contributed by atoms with E-state index in [4.69, 9.17) is 21.6 Å². The molecule has 0 aliphatic carbocycles. The van der Waals surface area contributed by atoms with Crippen LogP contribution < -0.4 is 0 Å². The SMILES string of the molecule is Brc1cccc(-c2nc(-c3ccccc3)nc(-c3ccccc3)n2)c1.Clc1nc(-c2ccccc2)cc(-c2cccc(-c3cccnc3)c2)n1. The van der Waals surface area contributed by atoms with Crippen molar-refractivity contribution >= 4 is 27.5 Å². The first-order chi connectivity index (χ1) is 24.6. The molecule has 240 valence electrons. The van der Waals surface area contributed by atoms with E-state index in [-0.39, 0.29) is 5.28 Å². The molecule has 0 atom stereocenters. The van der Waals surface area contributed by atoms with E-state index in [1.165, 1.54) is 0 Å². The minimum Gasteiger partial charge on any atom is -0.264 e. The topological polar surface area (TPSA) is 77.3 Å². The molecule has 3 aromatic heterocycles. The number of hydrogen-bond acceptors (Lipinski definition) is 6. The van der Waals surface area contributed by atoms with Crippen molar-refractivity contribution in [2.75, 3.05) is 0 Å². The van der Waals surface area contributed by atoms with Gasteiger partial charge in [-0.2, -0.15) is 0 Å². The van der Waals surface area contributed by atoms with E-state index in [1.54, 1.807) is 6.20 Å². The Balaban J connectivity index is 0.000000157. The van der Waals surface area contributed by atoms with Gasteiger partial charge in [0.25, 0.3) is 0 Å². The molecule has 0 fully saturated rings. The van der Waals surface area contributed by atoms with Crippen molar-refractivity contribution in [3.63, 3.8) is 0 Å². The van der Waals surface area contributed by atoms with Crippen LogP contribution in [0.15, 0.2) is 175 Å². The van der Waals surface area contributed by atoms with Crippen molar-refractivity contribution < 1.29 is 0 Å². The predicted octanol–water partition coefficient (Wildman–Crippen LogP) is 11.2. The summed E-state index contributed by atoms with van der Waals surface area (Å²) in [5.74, 6) is 2.00. The second kappa shape index (κ2) is 15.6. The Hall–Kier alpha value is -5.89. The van der Waals surface area contributed by atoms with Crippen LogP contribution in [0.3, 0.4) is 0 Å². The van der Waals surface area contributed by atoms with Crippen molar-refractivity contribution in [2.45, 2.75) is 0 Å². The zero-order chi connectivity index (χ0) is 34.1. The van der Waals surface area contributed by atoms with Gasteiger partial charge in [-0.1, -0.05) is 143 Å². The molecule has 50 heavy (non-hydrogen) atoms. The largest absolute Gasteiger partial charge is 0.264 e. The zero-order valence-corrected chi connectivity index (χ0v) is 28.9. The lowest BCUT2D eigenvalue weighted by Crippen LogP contribution is -2.00. The molecule has 0 unspecified atom stereocenters. The fourth-order valence-electron chi connectivity index (χ4n) is 5.28. The third kappa shape index (κ3) is 8.04. The number of hydrogen-bond donors (Lipinski definition) is 0. The molecule has 0 bridgehead atoms. The molecule has 0 saturated heterocycles. The summed E-state index contributed by atoms with van der Waals surface area (Å²) in [4.78, 5) is 27.0. The normalized spacial score (nSPS) is 10.6. The molecule has 0 aliphatic heterocycles. The standard InChI is InChI=1S/C21H14BrN3.C21H14ClN3/c22-18-13-7-12-17(14-18)21-24-19(15-8-3-1-4-9-15)23-20(25-21)16-10-5-2-6-11-16;22-21-24-19(15-6-2-1-3-7-15)13-20(25-21)17-9-4-8-16(12-17)18-10-5-11-23-14-18/h2*1-14H. The van der Waals surface area contributed by atoms with Gasteiger partial charge in [0.05, 0.1) is 11.4 Å². The molecule has 3 heterocycles. The highest BCUT2D eigenvalue weighted by Gasteiger charge is 2.12. The van der Waals surface area contributed by atoms with E-state index in [0.717, 1.165) is 54.8 Å². The lowest BCUT2D eigenvalue weighted by molar-refractivity contribution is 1.07. The summed E-state index contributed by atoms with van der Waals surface area (Å²) in [5.41, 5.74) is 8.64. The van der Waals surface area contributed by atoms with E-state index >= 15 is 0 Å². The second-order valence-corrected chi connectivity index (χ2v) is 12.4. The maximum Gasteiger partial charge on any atom is 0.223 e. The maximum atomic E-state index is 6.17. The van der Waals surface area contributed by atoms with Crippen LogP contribution in [0.2, 0.25) is 5.28 Å². The molecule has 6 nitrogen and oxygen atoms in total. The summed E-state index contributed by atoms with van der Waals surface area (Å²) in [6, 6.07) is 52.0. The summed E-state index contributed by atoms with van der Waals surface area (Å²) in [5, 5.41) is 0.239. The van der Waals surface area contributed by atoms with Gasteiger partial charge in [0.1, 0.15) is 0 Å². The van der Waals surface area contributed by atoms with E-state index in [1.807, 2.05) is 152 Å². The first kappa shape index (κ1) is 32.6. The summed E-state index contributed by atoms with van der Waals surface area (Å²) < 4.78 is 0.993. The molecule has 5 aromatic carbocycles. The van der Waals surface area contributed by atoms with E-state index in [0.29, 0.717) is 17.5 Å². The molecule has 0 aliphatic rings. The molecule has 8 aromatic rings. The van der Waals surface area contributed by atoms with E-state index < -0.39 is 0 Å². The van der Waals surface area contributed by atoms with Crippen LogP contribution in [0, 0.1) is 0 Å². The Kier molecular flexibility index (Phi) is 10.2. The smallest absolute Gasteiger partial charge is 0.223 e. The fraction of sp³-hybridized carbons (Fsp3) is 0. The van der Waals surface area contributed by atoms with Gasteiger partial charge in [-0.15, -0.1) is 0 Å². The van der Waals surface area contributed by atoms with Crippen molar-refractivity contribution in [2.24, 2.45) is 0 Å². The maximum absolute atomic E-state index is 6.17. The second-order valence-electron chi connectivity index (χ2n) is 11.1. The van der Waals surface area contributed by atoms with Gasteiger partial charge in [-0.05, 0) is 47.5 Å². The Bertz CT molecular complexity index is 2280. The molecule has 8 heteroatoms. The molecular formula is C42H28BrClN6. The van der Waals surface area contributed by atoms with Crippen molar-refractivity contribution in [3.05, 3.63) is 180 Å². The minimum atomic E-state index is 0.239. The van der Waals surface area contributed by atoms with Crippen molar-refractivity contribution in [1.29, 1.82) is 0 Å². The van der Waals surface area contributed by atoms with Crippen LogP contribution in [0.1, 0.15) is 0 Å². The molecule has 8 rings (SSSR count). The highest BCUT2D eigenvalue weighted by Crippen LogP contribution is 2.29. The molecule has 0 N–H and O–H groups in total. The first-order valence-electron chi connectivity index (χ1n) is 15.8. The van der Waals surface area contributed by atoms with Gasteiger partial charge >= 0.3 is 0 Å². The first-order valence-corrected chi connectivity index (χ1v) is 17.0. The van der Waals surface area contributed by atoms with Crippen LogP contribution in [-0.2, 0) is 0 Å². The quantitative estimate of drug-likeness (QED) is 0.158. The van der Waals surface area contributed by atoms with Gasteiger partial charge in [0.15, 0.2) is 17.5 Å². The van der Waals surface area contributed by atoms with Gasteiger partial charge in [0, 0.05) is 50.2 Å². The zero-order valence-electron chi connectivity index (χ0n) is 26.6. The average Bonchev–Trinajstić information content (AvgIpc) is 3.19. The van der Waals surface area contributed by atoms with Crippen LogP contribution >= 0.6 is 27.5 Å². The summed E-state index contributed by atoms with van der Waals surface area (Å²) in [6.45, 7) is 0. The highest BCUT2D eigenvalue weighted by molar-refractivity contribution is 9.10. The van der Waals surface area contributed by atoms with Crippen LogP contribution in [0.4, 0.5) is 0 Å². The third-order valence-electron chi connectivity index (χ3n) is 7.70. The summed E-state index contributed by atoms with van der Waals surface area (Å²) in [7, 11) is 0. The molecule has 0 amide bonds. The predicted molar refractivity (Wildman–Crippen MR) is 205 cm³/mol. The molecule has 0 radical (unpaired) electrons. The van der Waals surface area contributed by atoms with Gasteiger partial charge in [0.2, 0.25) is 5.28 Å². The number of halogens is 2. The number of aromatic nitrogens is 6. The Morgan fingerprint density at radius 3 is 1.44 bits per heavy atom. The fourth-order valence-corrected chi connectivity index (χ4v) is 5.86. The van der Waals surface area contributed by atoms with Crippen molar-refractivity contribution in [1.82, 2.24) is 29.9 Å². The van der Waals surface area contributed by atoms with Crippen LogP contribution in [-0.4, -0.2) is 29.9 Å². The summed E-state index contributed by atoms with van der Waals surface area (Å²) in [6.07, 6.45) is 3.62. The number of pyridine rings is 1. The van der Waals surface area contributed by atoms with Gasteiger partial charge < -0.3 is 0 Å². The lowest BCUT2D eigenvalue weighted by Gasteiger charge is -2.08. The molecule has 0 spiro atoms. The third-order valence-corrected chi connectivity index (χ3v) is 8.37. The monoisotopic (exact) mass is 730 g/mol. The van der Waals surface area contributed by atoms with Crippen LogP contribution in [0.25, 0.3) is 67.8 Å². The molecular weight excluding hydrogens is 704 g/mol. The van der Waals surface area contributed by atoms with Gasteiger partial charge in [-0.25, -0.2) is 24.9 Å². The van der Waals surface area contributed by atoms with Crippen LogP contribution in [0.5, 0.6) is 0 Å². The van der Waals surface area contributed by atoms with Gasteiger partial charge in [-0.3, -0.25) is 4.98 Å². The number of rotatable bonds is 6. The number of nitrogens with zero attached hydrogens (tertiary/aromatic N) is 6. The highest BCUT2D eigenvalue weighted by atomic mass is 79.9. The Labute approximate surface area is 303 Å². The Morgan fingerprint density at radius 2 is 0.860 bits per heavy atom. The Morgan fingerprint density at radius 1 is 0.380 bits per heavy atom. The molecule has 0 saturated carbocycles. The van der Waals surface area contributed by atoms with E-state index in [9.17, 15) is 0 Å². The minimum absolute atomic E-state index is 0.239. The number of benzene rings is 5.